The number of carbonyl (C=O) groups is 1. The summed E-state index contributed by atoms with van der Waals surface area (Å²) in [5.74, 6) is 0.0854. The van der Waals surface area contributed by atoms with Crippen LogP contribution in [0.1, 0.15) is 44.5 Å². The van der Waals surface area contributed by atoms with Crippen LogP contribution >= 0.6 is 15.9 Å². The molecule has 6 nitrogen and oxygen atoms in total. The van der Waals surface area contributed by atoms with Gasteiger partial charge in [0.25, 0.3) is 0 Å². The normalized spacial score (nSPS) is 12.5. The van der Waals surface area contributed by atoms with Crippen molar-refractivity contribution in [2.24, 2.45) is 0 Å². The molecule has 0 unspecified atom stereocenters. The van der Waals surface area contributed by atoms with Gasteiger partial charge in [-0.05, 0) is 69.7 Å². The highest BCUT2D eigenvalue weighted by molar-refractivity contribution is 9.10. The number of hydrogen-bond acceptors (Lipinski definition) is 6. The van der Waals surface area contributed by atoms with Crippen molar-refractivity contribution in [3.63, 3.8) is 0 Å². The average Bonchev–Trinajstić information content (AvgIpc) is 3.36. The van der Waals surface area contributed by atoms with Gasteiger partial charge in [0.15, 0.2) is 5.82 Å². The minimum Gasteiger partial charge on any atom is -0.489 e. The Hall–Kier alpha value is -3.04. The molecule has 0 saturated heterocycles. The maximum atomic E-state index is 15.7. The summed E-state index contributed by atoms with van der Waals surface area (Å²) >= 11 is 3.46. The van der Waals surface area contributed by atoms with Gasteiger partial charge in [0.1, 0.15) is 17.9 Å². The van der Waals surface area contributed by atoms with E-state index in [4.69, 9.17) is 13.9 Å². The van der Waals surface area contributed by atoms with Crippen LogP contribution < -0.4 is 4.74 Å². The number of hydrogen-bond donors (Lipinski definition) is 0. The number of aryl methyl sites for hydroxylation is 1. The molecule has 0 aliphatic rings. The number of nitrogens with zero attached hydrogens (tertiary/aromatic N) is 1. The summed E-state index contributed by atoms with van der Waals surface area (Å²) in [6, 6.07) is 12.7. The lowest BCUT2D eigenvalue weighted by Gasteiger charge is -2.17. The van der Waals surface area contributed by atoms with Crippen LogP contribution in [0.4, 0.5) is 4.39 Å². The van der Waals surface area contributed by atoms with Gasteiger partial charge < -0.3 is 13.9 Å². The molecule has 1 atom stereocenters. The minimum atomic E-state index is -1.12. The second-order valence-electron chi connectivity index (χ2n) is 10.0. The maximum Gasteiger partial charge on any atom is 0.310 e. The van der Waals surface area contributed by atoms with Gasteiger partial charge in [0, 0.05) is 60.5 Å². The van der Waals surface area contributed by atoms with Gasteiger partial charge in [-0.1, -0.05) is 22.0 Å². The first kappa shape index (κ1) is 29.0. The van der Waals surface area contributed by atoms with Crippen LogP contribution in [0.3, 0.4) is 0 Å². The summed E-state index contributed by atoms with van der Waals surface area (Å²) in [7, 11) is -1.12. The van der Waals surface area contributed by atoms with E-state index >= 15 is 4.39 Å². The van der Waals surface area contributed by atoms with E-state index in [2.05, 4.69) is 20.9 Å². The van der Waals surface area contributed by atoms with Crippen molar-refractivity contribution in [2.45, 2.75) is 51.9 Å². The zero-order valence-electron chi connectivity index (χ0n) is 22.4. The van der Waals surface area contributed by atoms with Crippen molar-refractivity contribution < 1.29 is 27.3 Å². The molecule has 2 heterocycles. The summed E-state index contributed by atoms with van der Waals surface area (Å²) < 4.78 is 45.6. The van der Waals surface area contributed by atoms with Gasteiger partial charge in [-0.15, -0.1) is 0 Å². The van der Waals surface area contributed by atoms with Crippen molar-refractivity contribution in [3.8, 4) is 16.9 Å². The third-order valence-electron chi connectivity index (χ3n) is 6.13. The molecule has 0 fully saturated rings. The monoisotopic (exact) mass is 615 g/mol. The van der Waals surface area contributed by atoms with Crippen molar-refractivity contribution in [3.05, 3.63) is 82.0 Å². The topological polar surface area (TPSA) is 78.6 Å². The van der Waals surface area contributed by atoms with Crippen LogP contribution in [0.5, 0.6) is 5.75 Å². The lowest BCUT2D eigenvalue weighted by Crippen LogP contribution is -2.25. The Morgan fingerprint density at radius 2 is 1.92 bits per heavy atom. The number of aromatic nitrogens is 1. The molecule has 4 aromatic rings. The standard InChI is InChI=1S/C30H31BrFNO5S/c1-5-36-27(34)16-20-6-7-22(31)17-26(20)38-18-19-14-21-9-12-37-29(21)24(15-19)23-8-11-33-25(28(23)32)10-13-39(35)30(2,3)4/h6-9,11-12,14-15,17H,5,10,13,16,18H2,1-4H3/t39-/m1/s1. The lowest BCUT2D eigenvalue weighted by atomic mass is 9.99. The molecule has 4 rings (SSSR count). The number of furan rings is 1. The largest absolute Gasteiger partial charge is 0.489 e. The van der Waals surface area contributed by atoms with E-state index in [-0.39, 0.29) is 35.9 Å². The Balaban J connectivity index is 1.63. The van der Waals surface area contributed by atoms with Crippen molar-refractivity contribution >= 4 is 43.7 Å². The smallest absolute Gasteiger partial charge is 0.310 e. The summed E-state index contributed by atoms with van der Waals surface area (Å²) in [4.78, 5) is 16.3. The predicted octanol–water partition coefficient (Wildman–Crippen LogP) is 7.17. The highest BCUT2D eigenvalue weighted by Crippen LogP contribution is 2.34. The summed E-state index contributed by atoms with van der Waals surface area (Å²) in [6.45, 7) is 7.96. The number of benzene rings is 2. The van der Waals surface area contributed by atoms with Crippen molar-refractivity contribution in [2.75, 3.05) is 12.4 Å². The average molecular weight is 617 g/mol. The van der Waals surface area contributed by atoms with Gasteiger partial charge in [-0.2, -0.15) is 0 Å². The van der Waals surface area contributed by atoms with Crippen molar-refractivity contribution in [1.82, 2.24) is 4.98 Å². The molecular weight excluding hydrogens is 585 g/mol. The number of pyridine rings is 1. The molecule has 0 spiro atoms. The third kappa shape index (κ3) is 7.13. The highest BCUT2D eigenvalue weighted by atomic mass is 79.9. The first-order chi connectivity index (χ1) is 18.6. The second kappa shape index (κ2) is 12.4. The van der Waals surface area contributed by atoms with Crippen LogP contribution in [0.15, 0.2) is 63.8 Å². The predicted molar refractivity (Wildman–Crippen MR) is 155 cm³/mol. The van der Waals surface area contributed by atoms with E-state index in [1.807, 2.05) is 57.2 Å². The molecule has 9 heteroatoms. The SMILES string of the molecule is CCOC(=O)Cc1ccc(Br)cc1OCc1cc(-c2ccnc(CC[S@@](=O)C(C)(C)C)c2F)c2occc2c1. The number of fused-ring (bicyclic) bond motifs is 1. The van der Waals surface area contributed by atoms with E-state index in [0.717, 1.165) is 15.4 Å². The number of ether oxygens (including phenoxy) is 2. The Morgan fingerprint density at radius 1 is 1.13 bits per heavy atom. The number of esters is 1. The van der Waals surface area contributed by atoms with E-state index in [1.54, 1.807) is 25.5 Å². The molecule has 0 N–H and O–H groups in total. The molecule has 0 radical (unpaired) electrons. The molecule has 0 aliphatic heterocycles. The summed E-state index contributed by atoms with van der Waals surface area (Å²) in [5.41, 5.74) is 3.26. The summed E-state index contributed by atoms with van der Waals surface area (Å²) in [6.07, 6.45) is 3.49. The molecule has 2 aromatic carbocycles. The Morgan fingerprint density at radius 3 is 2.67 bits per heavy atom. The van der Waals surface area contributed by atoms with Crippen LogP contribution in [-0.4, -0.2) is 32.3 Å². The molecule has 0 amide bonds. The van der Waals surface area contributed by atoms with Crippen LogP contribution in [0.25, 0.3) is 22.1 Å². The Bertz CT molecular complexity index is 1510. The fourth-order valence-corrected chi connectivity index (χ4v) is 5.46. The Kier molecular flexibility index (Phi) is 9.23. The third-order valence-corrected chi connectivity index (χ3v) is 8.57. The quantitative estimate of drug-likeness (QED) is 0.176. The molecule has 0 aliphatic carbocycles. The molecule has 2 aromatic heterocycles. The van der Waals surface area contributed by atoms with Gasteiger partial charge in [0.2, 0.25) is 0 Å². The van der Waals surface area contributed by atoms with Crippen molar-refractivity contribution in [1.29, 1.82) is 0 Å². The zero-order valence-corrected chi connectivity index (χ0v) is 24.8. The van der Waals surface area contributed by atoms with Crippen LogP contribution in [-0.2, 0) is 39.8 Å². The molecular formula is C30H31BrFNO5S. The van der Waals surface area contributed by atoms with Crippen LogP contribution in [0.2, 0.25) is 0 Å². The van der Waals surface area contributed by atoms with Gasteiger partial charge >= 0.3 is 5.97 Å². The fourth-order valence-electron chi connectivity index (χ4n) is 4.13. The molecule has 206 valence electrons. The highest BCUT2D eigenvalue weighted by Gasteiger charge is 2.22. The number of carbonyl (C=O) groups excluding carboxylic acids is 1. The molecule has 39 heavy (non-hydrogen) atoms. The van der Waals surface area contributed by atoms with Gasteiger partial charge in [-0.25, -0.2) is 4.39 Å². The second-order valence-corrected chi connectivity index (χ2v) is 13.3. The van der Waals surface area contributed by atoms with E-state index in [1.165, 1.54) is 0 Å². The van der Waals surface area contributed by atoms with E-state index in [9.17, 15) is 9.00 Å². The number of halogens is 2. The maximum absolute atomic E-state index is 15.7. The fraction of sp³-hybridized carbons (Fsp3) is 0.333. The van der Waals surface area contributed by atoms with E-state index < -0.39 is 16.6 Å². The number of rotatable bonds is 10. The van der Waals surface area contributed by atoms with Gasteiger partial charge in [0.05, 0.1) is 25.0 Å². The molecule has 0 bridgehead atoms. The molecule has 0 saturated carbocycles. The van der Waals surface area contributed by atoms with Gasteiger partial charge in [-0.3, -0.25) is 14.0 Å². The zero-order chi connectivity index (χ0) is 28.2. The minimum absolute atomic E-state index is 0.0907. The van der Waals surface area contributed by atoms with Crippen LogP contribution in [0, 0.1) is 5.82 Å². The lowest BCUT2D eigenvalue weighted by molar-refractivity contribution is -0.142. The first-order valence-corrected chi connectivity index (χ1v) is 14.8. The summed E-state index contributed by atoms with van der Waals surface area (Å²) in [5, 5.41) is 0.804. The Labute approximate surface area is 238 Å². The van der Waals surface area contributed by atoms with E-state index in [0.29, 0.717) is 40.4 Å². The first-order valence-electron chi connectivity index (χ1n) is 12.7.